The van der Waals surface area contributed by atoms with E-state index < -0.39 is 0 Å². The molecule has 12 heavy (non-hydrogen) atoms. The highest BCUT2D eigenvalue weighted by Gasteiger charge is 1.66. The molecular formula is C12H16. The van der Waals surface area contributed by atoms with Crippen molar-refractivity contribution in [2.45, 2.75) is 12.8 Å². The molecule has 0 spiro atoms. The zero-order valence-electron chi connectivity index (χ0n) is 7.45. The van der Waals surface area contributed by atoms with Crippen molar-refractivity contribution < 1.29 is 0 Å². The molecule has 1 rings (SSSR count). The molecule has 0 aliphatic heterocycles. The Bertz CT molecular complexity index is 152. The number of hydrogen-bond acceptors (Lipinski definition) is 0. The van der Waals surface area contributed by atoms with Gasteiger partial charge in [0.15, 0.2) is 0 Å². The van der Waals surface area contributed by atoms with E-state index in [1.165, 1.54) is 0 Å². The highest BCUT2D eigenvalue weighted by Crippen LogP contribution is 1.86. The molecule has 1 aromatic rings. The van der Waals surface area contributed by atoms with Crippen LogP contribution in [0.3, 0.4) is 0 Å². The number of unbranched alkanes of at least 4 members (excludes halogenated alkanes) is 1. The third kappa shape index (κ3) is 8.70. The maximum atomic E-state index is 3.55. The Morgan fingerprint density at radius 3 is 1.08 bits per heavy atom. The van der Waals surface area contributed by atoms with Crippen LogP contribution in [-0.4, -0.2) is 0 Å². The van der Waals surface area contributed by atoms with Crippen molar-refractivity contribution in [3.05, 3.63) is 61.7 Å². The molecule has 0 unspecified atom stereocenters. The minimum atomic E-state index is 1.06. The summed E-state index contributed by atoms with van der Waals surface area (Å²) in [7, 11) is 0. The molecule has 0 heterocycles. The van der Waals surface area contributed by atoms with Crippen LogP contribution in [0.2, 0.25) is 0 Å². The smallest absolute Gasteiger partial charge is 0.0319 e. The topological polar surface area (TPSA) is 0 Å². The monoisotopic (exact) mass is 160 g/mol. The van der Waals surface area contributed by atoms with Gasteiger partial charge >= 0.3 is 0 Å². The quantitative estimate of drug-likeness (QED) is 0.465. The molecule has 0 fully saturated rings. The van der Waals surface area contributed by atoms with E-state index in [-0.39, 0.29) is 0 Å². The highest BCUT2D eigenvalue weighted by molar-refractivity contribution is 4.99. The van der Waals surface area contributed by atoms with E-state index in [2.05, 4.69) is 13.2 Å². The Labute approximate surface area is 75.2 Å². The van der Waals surface area contributed by atoms with Crippen LogP contribution in [0.15, 0.2) is 61.7 Å². The lowest BCUT2D eigenvalue weighted by molar-refractivity contribution is 1.06. The lowest BCUT2D eigenvalue weighted by Gasteiger charge is -1.76. The molecule has 0 saturated heterocycles. The van der Waals surface area contributed by atoms with Gasteiger partial charge in [-0.1, -0.05) is 48.6 Å². The Morgan fingerprint density at radius 2 is 0.917 bits per heavy atom. The summed E-state index contributed by atoms with van der Waals surface area (Å²) in [6.45, 7) is 7.10. The van der Waals surface area contributed by atoms with Gasteiger partial charge < -0.3 is 0 Å². The number of rotatable bonds is 3. The summed E-state index contributed by atoms with van der Waals surface area (Å²) in [5.74, 6) is 0. The maximum absolute atomic E-state index is 3.55. The first-order chi connectivity index (χ1) is 5.91. The van der Waals surface area contributed by atoms with Gasteiger partial charge in [0, 0.05) is 0 Å². The fourth-order valence-corrected chi connectivity index (χ4v) is 0.621. The lowest BCUT2D eigenvalue weighted by atomic mass is 10.3. The Kier molecular flexibility index (Phi) is 8.65. The largest absolute Gasteiger partial charge is 0.103 e. The van der Waals surface area contributed by atoms with Crippen LogP contribution in [0.25, 0.3) is 0 Å². The normalized spacial score (nSPS) is 7.67. The van der Waals surface area contributed by atoms with E-state index in [4.69, 9.17) is 0 Å². The fraction of sp³-hybridized carbons (Fsp3) is 0.167. The molecule has 64 valence electrons. The molecule has 0 N–H and O–H groups in total. The van der Waals surface area contributed by atoms with Gasteiger partial charge in [-0.25, -0.2) is 0 Å². The van der Waals surface area contributed by atoms with Crippen LogP contribution in [0, 0.1) is 0 Å². The van der Waals surface area contributed by atoms with Crippen molar-refractivity contribution in [1.82, 2.24) is 0 Å². The summed E-state index contributed by atoms with van der Waals surface area (Å²) in [6, 6.07) is 12.0. The van der Waals surface area contributed by atoms with Crippen LogP contribution in [0.1, 0.15) is 12.8 Å². The first-order valence-corrected chi connectivity index (χ1v) is 4.13. The molecule has 0 aliphatic rings. The van der Waals surface area contributed by atoms with Gasteiger partial charge in [-0.3, -0.25) is 0 Å². The average Bonchev–Trinajstić information content (AvgIpc) is 2.18. The number of benzene rings is 1. The third-order valence-electron chi connectivity index (χ3n) is 1.24. The van der Waals surface area contributed by atoms with E-state index in [1.54, 1.807) is 0 Å². The second-order valence-electron chi connectivity index (χ2n) is 2.31. The van der Waals surface area contributed by atoms with Crippen molar-refractivity contribution in [1.29, 1.82) is 0 Å². The van der Waals surface area contributed by atoms with Crippen LogP contribution in [-0.2, 0) is 0 Å². The van der Waals surface area contributed by atoms with Crippen LogP contribution in [0.5, 0.6) is 0 Å². The van der Waals surface area contributed by atoms with E-state index in [1.807, 2.05) is 48.6 Å². The van der Waals surface area contributed by atoms with Gasteiger partial charge in [0.05, 0.1) is 0 Å². The van der Waals surface area contributed by atoms with Crippen molar-refractivity contribution in [2.24, 2.45) is 0 Å². The van der Waals surface area contributed by atoms with Crippen molar-refractivity contribution >= 4 is 0 Å². The van der Waals surface area contributed by atoms with Crippen molar-refractivity contribution in [3.63, 3.8) is 0 Å². The zero-order chi connectivity index (χ0) is 9.07. The van der Waals surface area contributed by atoms with Gasteiger partial charge in [-0.15, -0.1) is 13.2 Å². The van der Waals surface area contributed by atoms with Crippen LogP contribution < -0.4 is 0 Å². The standard InChI is InChI=1S/C6H6.C6H10/c1-2-4-6-5-3-1;1-3-5-6-4-2/h1-6H;3-4H,1-2,5-6H2. The van der Waals surface area contributed by atoms with Crippen LogP contribution in [0.4, 0.5) is 0 Å². The van der Waals surface area contributed by atoms with Gasteiger partial charge in [0.1, 0.15) is 0 Å². The maximum Gasteiger partial charge on any atom is -0.0319 e. The minimum absolute atomic E-state index is 1.06. The van der Waals surface area contributed by atoms with Crippen molar-refractivity contribution in [3.8, 4) is 0 Å². The lowest BCUT2D eigenvalue weighted by Crippen LogP contribution is -1.56. The molecule has 0 bridgehead atoms. The van der Waals surface area contributed by atoms with Gasteiger partial charge in [-0.05, 0) is 12.8 Å². The van der Waals surface area contributed by atoms with E-state index >= 15 is 0 Å². The van der Waals surface area contributed by atoms with E-state index in [0.29, 0.717) is 0 Å². The molecular weight excluding hydrogens is 144 g/mol. The Hall–Kier alpha value is -1.30. The Balaban J connectivity index is 0.000000202. The first-order valence-electron chi connectivity index (χ1n) is 4.13. The second-order valence-corrected chi connectivity index (χ2v) is 2.31. The van der Waals surface area contributed by atoms with Gasteiger partial charge in [0.25, 0.3) is 0 Å². The highest BCUT2D eigenvalue weighted by atomic mass is 13.7. The summed E-state index contributed by atoms with van der Waals surface area (Å²) in [5.41, 5.74) is 0. The Morgan fingerprint density at radius 1 is 0.667 bits per heavy atom. The second kappa shape index (κ2) is 9.70. The molecule has 0 aliphatic carbocycles. The fourth-order valence-electron chi connectivity index (χ4n) is 0.621. The van der Waals surface area contributed by atoms with E-state index in [9.17, 15) is 0 Å². The number of hydrogen-bond donors (Lipinski definition) is 0. The SMILES string of the molecule is C=CCCC=C.c1ccccc1. The summed E-state index contributed by atoms with van der Waals surface area (Å²) in [4.78, 5) is 0. The molecule has 0 amide bonds. The van der Waals surface area contributed by atoms with Crippen molar-refractivity contribution in [2.75, 3.05) is 0 Å². The summed E-state index contributed by atoms with van der Waals surface area (Å²) < 4.78 is 0. The predicted octanol–water partition coefficient (Wildman–Crippen LogP) is 3.83. The predicted molar refractivity (Wildman–Crippen MR) is 56.1 cm³/mol. The third-order valence-corrected chi connectivity index (χ3v) is 1.24. The average molecular weight is 160 g/mol. The molecule has 0 radical (unpaired) electrons. The zero-order valence-corrected chi connectivity index (χ0v) is 7.45. The summed E-state index contributed by atoms with van der Waals surface area (Å²) in [5, 5.41) is 0. The van der Waals surface area contributed by atoms with Gasteiger partial charge in [-0.2, -0.15) is 0 Å². The molecule has 0 heteroatoms. The first kappa shape index (κ1) is 10.7. The molecule has 1 aromatic carbocycles. The van der Waals surface area contributed by atoms with Gasteiger partial charge in [0.2, 0.25) is 0 Å². The molecule has 0 nitrogen and oxygen atoms in total. The minimum Gasteiger partial charge on any atom is -0.103 e. The number of allylic oxidation sites excluding steroid dienone is 2. The van der Waals surface area contributed by atoms with E-state index in [0.717, 1.165) is 12.8 Å². The summed E-state index contributed by atoms with van der Waals surface area (Å²) >= 11 is 0. The molecule has 0 atom stereocenters. The summed E-state index contributed by atoms with van der Waals surface area (Å²) in [6.07, 6.45) is 5.90. The van der Waals surface area contributed by atoms with Crippen LogP contribution >= 0.6 is 0 Å². The molecule has 0 aromatic heterocycles. The molecule has 0 saturated carbocycles.